The fraction of sp³-hybridized carbons (Fsp3) is 0.833. The Kier molecular flexibility index (Phi) is 7.54. The van der Waals surface area contributed by atoms with Gasteiger partial charge in [-0.25, -0.2) is 0 Å². The van der Waals surface area contributed by atoms with Crippen molar-refractivity contribution >= 4 is 11.8 Å². The Labute approximate surface area is 104 Å². The number of likely N-dealkylation sites (N-methyl/N-ethyl adjacent to an activating group) is 1. The molecule has 0 radical (unpaired) electrons. The van der Waals surface area contributed by atoms with Gasteiger partial charge < -0.3 is 16.4 Å². The minimum Gasteiger partial charge on any atom is -0.358 e. The number of carbonyl (C=O) groups excluding carboxylic acids is 2. The van der Waals surface area contributed by atoms with Crippen molar-refractivity contribution in [1.29, 1.82) is 0 Å². The molecule has 0 aromatic carbocycles. The van der Waals surface area contributed by atoms with Crippen LogP contribution < -0.4 is 16.4 Å². The predicted octanol–water partition coefficient (Wildman–Crippen LogP) is 0.394. The number of amides is 2. The third-order valence-electron chi connectivity index (χ3n) is 3.02. The summed E-state index contributed by atoms with van der Waals surface area (Å²) >= 11 is 0. The van der Waals surface area contributed by atoms with E-state index in [1.54, 1.807) is 7.05 Å². The van der Waals surface area contributed by atoms with Crippen molar-refractivity contribution in [3.63, 3.8) is 0 Å². The van der Waals surface area contributed by atoms with E-state index in [2.05, 4.69) is 10.6 Å². The van der Waals surface area contributed by atoms with Crippen molar-refractivity contribution in [2.24, 2.45) is 11.1 Å². The molecule has 0 aromatic rings. The van der Waals surface area contributed by atoms with E-state index in [4.69, 9.17) is 5.73 Å². The van der Waals surface area contributed by atoms with Crippen LogP contribution in [-0.4, -0.2) is 32.0 Å². The summed E-state index contributed by atoms with van der Waals surface area (Å²) in [6.45, 7) is 4.41. The van der Waals surface area contributed by atoms with Crippen molar-refractivity contribution < 1.29 is 9.59 Å². The first-order chi connectivity index (χ1) is 8.06. The van der Waals surface area contributed by atoms with E-state index in [1.807, 2.05) is 13.8 Å². The lowest BCUT2D eigenvalue weighted by atomic mass is 9.78. The zero-order valence-corrected chi connectivity index (χ0v) is 11.1. The van der Waals surface area contributed by atoms with E-state index in [0.29, 0.717) is 6.54 Å². The molecular formula is C12H25N3O2. The molecule has 17 heavy (non-hydrogen) atoms. The minimum atomic E-state index is -0.516. The third kappa shape index (κ3) is 4.73. The third-order valence-corrected chi connectivity index (χ3v) is 3.02. The van der Waals surface area contributed by atoms with Gasteiger partial charge in [0.15, 0.2) is 0 Å². The number of hydrogen-bond donors (Lipinski definition) is 3. The van der Waals surface area contributed by atoms with Gasteiger partial charge in [0.2, 0.25) is 11.8 Å². The fourth-order valence-corrected chi connectivity index (χ4v) is 2.04. The maximum absolute atomic E-state index is 12.1. The molecule has 0 saturated heterocycles. The standard InChI is InChI=1S/C12H25N3O2/c1-4-6-12(9-13,7-5-2)11(17)15-8-10(16)14-3/h4-9,13H2,1-3H3,(H,14,16)(H,15,17). The van der Waals surface area contributed by atoms with Gasteiger partial charge in [-0.05, 0) is 12.8 Å². The van der Waals surface area contributed by atoms with Crippen LogP contribution in [0.4, 0.5) is 0 Å². The second-order valence-electron chi connectivity index (χ2n) is 4.34. The largest absolute Gasteiger partial charge is 0.358 e. The molecule has 2 amide bonds. The minimum absolute atomic E-state index is 0.0184. The van der Waals surface area contributed by atoms with Gasteiger partial charge in [-0.1, -0.05) is 26.7 Å². The summed E-state index contributed by atoms with van der Waals surface area (Å²) in [5, 5.41) is 5.13. The molecule has 100 valence electrons. The summed E-state index contributed by atoms with van der Waals surface area (Å²) in [6.07, 6.45) is 3.34. The molecule has 0 atom stereocenters. The van der Waals surface area contributed by atoms with E-state index in [-0.39, 0.29) is 18.4 Å². The summed E-state index contributed by atoms with van der Waals surface area (Å²) in [5.41, 5.74) is 5.24. The molecule has 0 rings (SSSR count). The second kappa shape index (κ2) is 8.06. The van der Waals surface area contributed by atoms with Crippen molar-refractivity contribution in [3.8, 4) is 0 Å². The molecule has 5 nitrogen and oxygen atoms in total. The van der Waals surface area contributed by atoms with Gasteiger partial charge in [-0.2, -0.15) is 0 Å². The maximum atomic E-state index is 12.1. The van der Waals surface area contributed by atoms with Crippen LogP contribution in [-0.2, 0) is 9.59 Å². The topological polar surface area (TPSA) is 84.2 Å². The number of hydrogen-bond acceptors (Lipinski definition) is 3. The Morgan fingerprint density at radius 2 is 1.71 bits per heavy atom. The van der Waals surface area contributed by atoms with Crippen molar-refractivity contribution in [3.05, 3.63) is 0 Å². The monoisotopic (exact) mass is 243 g/mol. The van der Waals surface area contributed by atoms with Crippen molar-refractivity contribution in [2.45, 2.75) is 39.5 Å². The highest BCUT2D eigenvalue weighted by Crippen LogP contribution is 2.28. The summed E-state index contributed by atoms with van der Waals surface area (Å²) in [5.74, 6) is -0.301. The first-order valence-corrected chi connectivity index (χ1v) is 6.25. The Morgan fingerprint density at radius 3 is 2.06 bits per heavy atom. The van der Waals surface area contributed by atoms with Crippen molar-refractivity contribution in [1.82, 2.24) is 10.6 Å². The lowest BCUT2D eigenvalue weighted by Crippen LogP contribution is -2.48. The molecule has 0 heterocycles. The van der Waals surface area contributed by atoms with Crippen LogP contribution in [0, 0.1) is 5.41 Å². The van der Waals surface area contributed by atoms with Crippen LogP contribution in [0.15, 0.2) is 0 Å². The predicted molar refractivity (Wildman–Crippen MR) is 68.4 cm³/mol. The maximum Gasteiger partial charge on any atom is 0.239 e. The van der Waals surface area contributed by atoms with Gasteiger partial charge in [0, 0.05) is 13.6 Å². The normalized spacial score (nSPS) is 11.1. The van der Waals surface area contributed by atoms with Gasteiger partial charge in [0.05, 0.1) is 12.0 Å². The van der Waals surface area contributed by atoms with E-state index in [9.17, 15) is 9.59 Å². The zero-order chi connectivity index (χ0) is 13.3. The summed E-state index contributed by atoms with van der Waals surface area (Å²) in [4.78, 5) is 23.2. The summed E-state index contributed by atoms with van der Waals surface area (Å²) in [6, 6.07) is 0. The Morgan fingerprint density at radius 1 is 1.18 bits per heavy atom. The first kappa shape index (κ1) is 15.9. The van der Waals surface area contributed by atoms with Crippen LogP contribution >= 0.6 is 0 Å². The average Bonchev–Trinajstić information content (AvgIpc) is 2.34. The van der Waals surface area contributed by atoms with E-state index in [1.165, 1.54) is 0 Å². The molecule has 0 bridgehead atoms. The van der Waals surface area contributed by atoms with Gasteiger partial charge in [-0.3, -0.25) is 9.59 Å². The quantitative estimate of drug-likeness (QED) is 0.576. The first-order valence-electron chi connectivity index (χ1n) is 6.25. The number of carbonyl (C=O) groups is 2. The fourth-order valence-electron chi connectivity index (χ4n) is 2.04. The summed E-state index contributed by atoms with van der Waals surface area (Å²) in [7, 11) is 1.54. The Balaban J connectivity index is 4.56. The molecule has 0 spiro atoms. The lowest BCUT2D eigenvalue weighted by Gasteiger charge is -2.30. The zero-order valence-electron chi connectivity index (χ0n) is 11.1. The average molecular weight is 243 g/mol. The SMILES string of the molecule is CCCC(CN)(CCC)C(=O)NCC(=O)NC. The lowest BCUT2D eigenvalue weighted by molar-refractivity contribution is -0.133. The highest BCUT2D eigenvalue weighted by molar-refractivity contribution is 5.87. The smallest absolute Gasteiger partial charge is 0.239 e. The van der Waals surface area contributed by atoms with Gasteiger partial charge in [0.25, 0.3) is 0 Å². The molecule has 0 aliphatic rings. The molecule has 0 aliphatic carbocycles. The van der Waals surface area contributed by atoms with Crippen LogP contribution in [0.2, 0.25) is 0 Å². The van der Waals surface area contributed by atoms with Gasteiger partial charge in [0.1, 0.15) is 0 Å². The molecule has 0 unspecified atom stereocenters. The van der Waals surface area contributed by atoms with E-state index >= 15 is 0 Å². The summed E-state index contributed by atoms with van der Waals surface area (Å²) < 4.78 is 0. The molecule has 4 N–H and O–H groups in total. The molecule has 0 aliphatic heterocycles. The number of nitrogens with two attached hydrogens (primary N) is 1. The van der Waals surface area contributed by atoms with Crippen LogP contribution in [0.25, 0.3) is 0 Å². The van der Waals surface area contributed by atoms with E-state index in [0.717, 1.165) is 25.7 Å². The highest BCUT2D eigenvalue weighted by atomic mass is 16.2. The van der Waals surface area contributed by atoms with Crippen LogP contribution in [0.5, 0.6) is 0 Å². The molecule has 5 heteroatoms. The Bertz CT molecular complexity index is 248. The molecule has 0 fully saturated rings. The Hall–Kier alpha value is -1.10. The van der Waals surface area contributed by atoms with Gasteiger partial charge >= 0.3 is 0 Å². The van der Waals surface area contributed by atoms with Gasteiger partial charge in [-0.15, -0.1) is 0 Å². The van der Waals surface area contributed by atoms with E-state index < -0.39 is 5.41 Å². The number of nitrogens with one attached hydrogen (secondary N) is 2. The van der Waals surface area contributed by atoms with Crippen LogP contribution in [0.1, 0.15) is 39.5 Å². The van der Waals surface area contributed by atoms with Crippen LogP contribution in [0.3, 0.4) is 0 Å². The molecular weight excluding hydrogens is 218 g/mol. The van der Waals surface area contributed by atoms with Crippen molar-refractivity contribution in [2.75, 3.05) is 20.1 Å². The number of rotatable bonds is 8. The molecule has 0 aromatic heterocycles. The molecule has 0 saturated carbocycles. The highest BCUT2D eigenvalue weighted by Gasteiger charge is 2.35. The second-order valence-corrected chi connectivity index (χ2v) is 4.34.